The van der Waals surface area contributed by atoms with E-state index in [2.05, 4.69) is 17.6 Å². The Balaban J connectivity index is 1.73. The van der Waals surface area contributed by atoms with Crippen LogP contribution in [0.3, 0.4) is 0 Å². The summed E-state index contributed by atoms with van der Waals surface area (Å²) in [5.41, 5.74) is 0. The van der Waals surface area contributed by atoms with Crippen molar-refractivity contribution in [1.29, 1.82) is 0 Å². The van der Waals surface area contributed by atoms with Crippen LogP contribution in [0.15, 0.2) is 0 Å². The summed E-state index contributed by atoms with van der Waals surface area (Å²) in [6, 6.07) is 0.196. The van der Waals surface area contributed by atoms with E-state index in [0.717, 1.165) is 13.1 Å². The molecule has 1 aliphatic carbocycles. The number of nitrogens with one attached hydrogen (secondary N) is 2. The van der Waals surface area contributed by atoms with Crippen LogP contribution in [0.4, 0.5) is 0 Å². The highest BCUT2D eigenvalue weighted by molar-refractivity contribution is 5.79. The van der Waals surface area contributed by atoms with Gasteiger partial charge in [-0.2, -0.15) is 0 Å². The Kier molecular flexibility index (Phi) is 5.45. The van der Waals surface area contributed by atoms with Gasteiger partial charge in [0.05, 0.1) is 19.1 Å². The van der Waals surface area contributed by atoms with Crippen molar-refractivity contribution in [2.45, 2.75) is 45.1 Å². The van der Waals surface area contributed by atoms with Crippen molar-refractivity contribution in [3.05, 3.63) is 0 Å². The van der Waals surface area contributed by atoms with Gasteiger partial charge in [0, 0.05) is 12.6 Å². The van der Waals surface area contributed by atoms with Crippen LogP contribution in [-0.4, -0.2) is 38.3 Å². The number of hydrogen-bond donors (Lipinski definition) is 2. The van der Waals surface area contributed by atoms with Crippen molar-refractivity contribution >= 4 is 5.91 Å². The van der Waals surface area contributed by atoms with Gasteiger partial charge >= 0.3 is 0 Å². The minimum absolute atomic E-state index is 0.00598. The topological polar surface area (TPSA) is 50.4 Å². The standard InChI is InChI=1S/C14H26N2O2/c1-2-15-13-10-18-9-12(13)14(17)16-8-11-6-4-3-5-7-11/h11-13,15H,2-10H2,1H3,(H,16,17). The van der Waals surface area contributed by atoms with E-state index in [-0.39, 0.29) is 17.9 Å². The number of ether oxygens (including phenoxy) is 1. The molecule has 1 saturated heterocycles. The van der Waals surface area contributed by atoms with Gasteiger partial charge in [-0.05, 0) is 25.3 Å². The predicted molar refractivity (Wildman–Crippen MR) is 71.4 cm³/mol. The molecule has 1 saturated carbocycles. The summed E-state index contributed by atoms with van der Waals surface area (Å²) in [6.45, 7) is 5.04. The maximum Gasteiger partial charge on any atom is 0.227 e. The largest absolute Gasteiger partial charge is 0.379 e. The number of rotatable bonds is 5. The van der Waals surface area contributed by atoms with Gasteiger partial charge in [0.2, 0.25) is 5.91 Å². The van der Waals surface area contributed by atoms with Crippen LogP contribution in [0.5, 0.6) is 0 Å². The van der Waals surface area contributed by atoms with E-state index in [4.69, 9.17) is 4.74 Å². The number of hydrogen-bond acceptors (Lipinski definition) is 3. The van der Waals surface area contributed by atoms with Crippen LogP contribution in [0.2, 0.25) is 0 Å². The molecule has 2 aliphatic rings. The Bertz CT molecular complexity index is 265. The van der Waals surface area contributed by atoms with Gasteiger partial charge in [-0.25, -0.2) is 0 Å². The molecule has 0 aromatic heterocycles. The molecule has 1 aliphatic heterocycles. The molecular formula is C14H26N2O2. The number of carbonyl (C=O) groups is 1. The average molecular weight is 254 g/mol. The van der Waals surface area contributed by atoms with Gasteiger partial charge in [0.15, 0.2) is 0 Å². The quantitative estimate of drug-likeness (QED) is 0.777. The summed E-state index contributed by atoms with van der Waals surface area (Å²) >= 11 is 0. The van der Waals surface area contributed by atoms with E-state index in [1.165, 1.54) is 32.1 Å². The molecule has 2 rings (SSSR count). The molecule has 2 atom stereocenters. The summed E-state index contributed by atoms with van der Waals surface area (Å²) in [7, 11) is 0. The summed E-state index contributed by atoms with van der Waals surface area (Å²) in [5, 5.41) is 6.45. The first-order valence-electron chi connectivity index (χ1n) is 7.40. The molecule has 0 bridgehead atoms. The van der Waals surface area contributed by atoms with E-state index >= 15 is 0 Å². The van der Waals surface area contributed by atoms with Crippen LogP contribution in [-0.2, 0) is 9.53 Å². The lowest BCUT2D eigenvalue weighted by atomic mass is 9.89. The predicted octanol–water partition coefficient (Wildman–Crippen LogP) is 1.31. The minimum Gasteiger partial charge on any atom is -0.379 e. The van der Waals surface area contributed by atoms with Gasteiger partial charge in [0.25, 0.3) is 0 Å². The Morgan fingerprint density at radius 1 is 1.22 bits per heavy atom. The zero-order chi connectivity index (χ0) is 12.8. The molecule has 2 unspecified atom stereocenters. The number of likely N-dealkylation sites (N-methyl/N-ethyl adjacent to an activating group) is 1. The first-order chi connectivity index (χ1) is 8.81. The SMILES string of the molecule is CCNC1COCC1C(=O)NCC1CCCCC1. The van der Waals surface area contributed by atoms with E-state index < -0.39 is 0 Å². The van der Waals surface area contributed by atoms with Gasteiger partial charge < -0.3 is 15.4 Å². The van der Waals surface area contributed by atoms with E-state index in [1.54, 1.807) is 0 Å². The highest BCUT2D eigenvalue weighted by atomic mass is 16.5. The first-order valence-corrected chi connectivity index (χ1v) is 7.40. The molecule has 0 spiro atoms. The normalized spacial score (nSPS) is 29.4. The maximum absolute atomic E-state index is 12.1. The number of amides is 1. The molecular weight excluding hydrogens is 228 g/mol. The van der Waals surface area contributed by atoms with Crippen molar-refractivity contribution in [1.82, 2.24) is 10.6 Å². The number of carbonyl (C=O) groups excluding carboxylic acids is 1. The minimum atomic E-state index is -0.00598. The summed E-state index contributed by atoms with van der Waals surface area (Å²) in [6.07, 6.45) is 6.57. The fourth-order valence-corrected chi connectivity index (χ4v) is 3.04. The average Bonchev–Trinajstić information content (AvgIpc) is 2.86. The fourth-order valence-electron chi connectivity index (χ4n) is 3.04. The van der Waals surface area contributed by atoms with Crippen molar-refractivity contribution in [3.8, 4) is 0 Å². The second kappa shape index (κ2) is 7.10. The highest BCUT2D eigenvalue weighted by Crippen LogP contribution is 2.23. The highest BCUT2D eigenvalue weighted by Gasteiger charge is 2.33. The van der Waals surface area contributed by atoms with Crippen molar-refractivity contribution in [2.75, 3.05) is 26.3 Å². The van der Waals surface area contributed by atoms with Crippen LogP contribution in [0, 0.1) is 11.8 Å². The molecule has 0 radical (unpaired) electrons. The molecule has 4 heteroatoms. The molecule has 1 heterocycles. The zero-order valence-corrected chi connectivity index (χ0v) is 11.4. The van der Waals surface area contributed by atoms with Crippen LogP contribution < -0.4 is 10.6 Å². The van der Waals surface area contributed by atoms with Gasteiger partial charge in [-0.15, -0.1) is 0 Å². The molecule has 2 fully saturated rings. The fraction of sp³-hybridized carbons (Fsp3) is 0.929. The Hall–Kier alpha value is -0.610. The van der Waals surface area contributed by atoms with Crippen molar-refractivity contribution in [3.63, 3.8) is 0 Å². The summed E-state index contributed by atoms with van der Waals surface area (Å²) < 4.78 is 5.41. The van der Waals surface area contributed by atoms with Gasteiger partial charge in [-0.1, -0.05) is 26.2 Å². The van der Waals surface area contributed by atoms with Crippen molar-refractivity contribution in [2.24, 2.45) is 11.8 Å². The summed E-state index contributed by atoms with van der Waals surface area (Å²) in [4.78, 5) is 12.1. The third kappa shape index (κ3) is 3.69. The first kappa shape index (κ1) is 13.8. The lowest BCUT2D eigenvalue weighted by Crippen LogP contribution is -2.45. The Labute approximate surface area is 110 Å². The van der Waals surface area contributed by atoms with E-state index in [9.17, 15) is 4.79 Å². The van der Waals surface area contributed by atoms with E-state index in [1.807, 2.05) is 0 Å². The van der Waals surface area contributed by atoms with Gasteiger partial charge in [-0.3, -0.25) is 4.79 Å². The second-order valence-electron chi connectivity index (χ2n) is 5.56. The third-order valence-electron chi connectivity index (χ3n) is 4.17. The molecule has 1 amide bonds. The Morgan fingerprint density at radius 3 is 2.72 bits per heavy atom. The van der Waals surface area contributed by atoms with E-state index in [0.29, 0.717) is 19.1 Å². The molecule has 0 aromatic rings. The zero-order valence-electron chi connectivity index (χ0n) is 11.4. The van der Waals surface area contributed by atoms with Crippen molar-refractivity contribution < 1.29 is 9.53 Å². The molecule has 4 nitrogen and oxygen atoms in total. The van der Waals surface area contributed by atoms with Crippen LogP contribution >= 0.6 is 0 Å². The molecule has 18 heavy (non-hydrogen) atoms. The Morgan fingerprint density at radius 2 is 2.00 bits per heavy atom. The second-order valence-corrected chi connectivity index (χ2v) is 5.56. The third-order valence-corrected chi connectivity index (χ3v) is 4.17. The van der Waals surface area contributed by atoms with Crippen LogP contribution in [0.1, 0.15) is 39.0 Å². The van der Waals surface area contributed by atoms with Gasteiger partial charge in [0.1, 0.15) is 0 Å². The molecule has 2 N–H and O–H groups in total. The molecule has 104 valence electrons. The maximum atomic E-state index is 12.1. The molecule has 0 aromatic carbocycles. The lowest BCUT2D eigenvalue weighted by Gasteiger charge is -2.23. The summed E-state index contributed by atoms with van der Waals surface area (Å²) in [5.74, 6) is 0.861. The smallest absolute Gasteiger partial charge is 0.227 e. The van der Waals surface area contributed by atoms with Crippen LogP contribution in [0.25, 0.3) is 0 Å². The lowest BCUT2D eigenvalue weighted by molar-refractivity contribution is -0.125. The monoisotopic (exact) mass is 254 g/mol.